The third-order valence-electron chi connectivity index (χ3n) is 4.01. The molecule has 0 bridgehead atoms. The molecule has 0 radical (unpaired) electrons. The van der Waals surface area contributed by atoms with E-state index in [-0.39, 0.29) is 29.9 Å². The summed E-state index contributed by atoms with van der Waals surface area (Å²) in [4.78, 5) is 38.1. The third-order valence-corrected chi connectivity index (χ3v) is 5.44. The molecule has 7 heteroatoms. The van der Waals surface area contributed by atoms with Gasteiger partial charge in [0, 0.05) is 17.1 Å². The standard InChI is InChI=1S/C19H17ClN2O3S/c1-12-7-8-13(20)9-15(12)21-17(23)11-26-16-10-18(24)22(19(16)25)14-5-3-2-4-6-14/h2-9,16H,10-11H2,1H3,(H,21,23)/t16-/m1/s1. The Morgan fingerprint density at radius 2 is 1.96 bits per heavy atom. The van der Waals surface area contributed by atoms with Crippen molar-refractivity contribution in [3.8, 4) is 0 Å². The average Bonchev–Trinajstić information content (AvgIpc) is 2.91. The van der Waals surface area contributed by atoms with Gasteiger partial charge >= 0.3 is 0 Å². The van der Waals surface area contributed by atoms with Crippen molar-refractivity contribution in [2.24, 2.45) is 0 Å². The van der Waals surface area contributed by atoms with Gasteiger partial charge in [-0.25, -0.2) is 4.90 Å². The van der Waals surface area contributed by atoms with Crippen molar-refractivity contribution in [1.29, 1.82) is 0 Å². The van der Waals surface area contributed by atoms with Crippen LogP contribution in [0.1, 0.15) is 12.0 Å². The van der Waals surface area contributed by atoms with Crippen LogP contribution in [0.15, 0.2) is 48.5 Å². The van der Waals surface area contributed by atoms with Gasteiger partial charge in [0.15, 0.2) is 0 Å². The second-order valence-corrected chi connectivity index (χ2v) is 7.54. The van der Waals surface area contributed by atoms with E-state index in [0.717, 1.165) is 5.56 Å². The highest BCUT2D eigenvalue weighted by molar-refractivity contribution is 8.01. The summed E-state index contributed by atoms with van der Waals surface area (Å²) in [5.41, 5.74) is 2.10. The van der Waals surface area contributed by atoms with Crippen molar-refractivity contribution in [1.82, 2.24) is 0 Å². The maximum absolute atomic E-state index is 12.5. The van der Waals surface area contributed by atoms with Gasteiger partial charge < -0.3 is 5.32 Å². The van der Waals surface area contributed by atoms with Gasteiger partial charge in [-0.15, -0.1) is 11.8 Å². The first-order valence-corrected chi connectivity index (χ1v) is 9.48. The summed E-state index contributed by atoms with van der Waals surface area (Å²) < 4.78 is 0. The number of thioether (sulfide) groups is 1. The SMILES string of the molecule is Cc1ccc(Cl)cc1NC(=O)CS[C@@H]1CC(=O)N(c2ccccc2)C1=O. The summed E-state index contributed by atoms with van der Waals surface area (Å²) in [5.74, 6) is -0.681. The molecule has 3 amide bonds. The van der Waals surface area contributed by atoms with Gasteiger partial charge in [0.25, 0.3) is 0 Å². The van der Waals surface area contributed by atoms with Crippen LogP contribution in [0, 0.1) is 6.92 Å². The molecule has 1 fully saturated rings. The molecule has 5 nitrogen and oxygen atoms in total. The van der Waals surface area contributed by atoms with Crippen LogP contribution in [0.3, 0.4) is 0 Å². The number of aryl methyl sites for hydroxylation is 1. The summed E-state index contributed by atoms with van der Waals surface area (Å²) >= 11 is 7.12. The molecule has 2 aromatic carbocycles. The van der Waals surface area contributed by atoms with E-state index in [2.05, 4.69) is 5.32 Å². The highest BCUT2D eigenvalue weighted by Crippen LogP contribution is 2.29. The zero-order valence-corrected chi connectivity index (χ0v) is 15.6. The number of carbonyl (C=O) groups is 3. The fourth-order valence-corrected chi connectivity index (χ4v) is 3.78. The Kier molecular flexibility index (Phi) is 5.64. The molecule has 0 unspecified atom stereocenters. The van der Waals surface area contributed by atoms with Crippen molar-refractivity contribution in [3.05, 3.63) is 59.1 Å². The van der Waals surface area contributed by atoms with Crippen molar-refractivity contribution < 1.29 is 14.4 Å². The van der Waals surface area contributed by atoms with Crippen LogP contribution in [0.2, 0.25) is 5.02 Å². The number of nitrogens with one attached hydrogen (secondary N) is 1. The Morgan fingerprint density at radius 3 is 2.69 bits per heavy atom. The predicted molar refractivity (Wildman–Crippen MR) is 105 cm³/mol. The lowest BCUT2D eigenvalue weighted by Gasteiger charge is -2.14. The zero-order valence-electron chi connectivity index (χ0n) is 14.1. The number of amides is 3. The summed E-state index contributed by atoms with van der Waals surface area (Å²) in [7, 11) is 0. The largest absolute Gasteiger partial charge is 0.325 e. The molecule has 1 saturated heterocycles. The Hall–Kier alpha value is -2.31. The lowest BCUT2D eigenvalue weighted by Crippen LogP contribution is -2.31. The first-order valence-electron chi connectivity index (χ1n) is 8.05. The Balaban J connectivity index is 1.60. The van der Waals surface area contributed by atoms with E-state index in [0.29, 0.717) is 16.4 Å². The number of halogens is 1. The van der Waals surface area contributed by atoms with Crippen molar-refractivity contribution >= 4 is 52.5 Å². The van der Waals surface area contributed by atoms with E-state index in [1.807, 2.05) is 19.1 Å². The number of anilines is 2. The van der Waals surface area contributed by atoms with Gasteiger partial charge in [0.1, 0.15) is 0 Å². The molecule has 1 N–H and O–H groups in total. The van der Waals surface area contributed by atoms with Gasteiger partial charge in [-0.1, -0.05) is 35.9 Å². The molecule has 0 aromatic heterocycles. The summed E-state index contributed by atoms with van der Waals surface area (Å²) in [5, 5.41) is 2.78. The highest BCUT2D eigenvalue weighted by atomic mass is 35.5. The molecule has 1 atom stereocenters. The van der Waals surface area contributed by atoms with E-state index in [1.165, 1.54) is 16.7 Å². The summed E-state index contributed by atoms with van der Waals surface area (Å²) in [6.45, 7) is 1.87. The van der Waals surface area contributed by atoms with Crippen LogP contribution in [-0.2, 0) is 14.4 Å². The number of hydrogen-bond donors (Lipinski definition) is 1. The molecule has 2 aromatic rings. The van der Waals surface area contributed by atoms with Crippen molar-refractivity contribution in [2.75, 3.05) is 16.0 Å². The van der Waals surface area contributed by atoms with Gasteiger partial charge in [-0.05, 0) is 36.8 Å². The van der Waals surface area contributed by atoms with E-state index < -0.39 is 5.25 Å². The number of benzene rings is 2. The van der Waals surface area contributed by atoms with Gasteiger partial charge in [0.05, 0.1) is 16.7 Å². The minimum absolute atomic E-state index is 0.0816. The van der Waals surface area contributed by atoms with Crippen molar-refractivity contribution in [3.63, 3.8) is 0 Å². The van der Waals surface area contributed by atoms with Crippen LogP contribution in [-0.4, -0.2) is 28.7 Å². The Morgan fingerprint density at radius 1 is 1.23 bits per heavy atom. The molecule has 1 heterocycles. The van der Waals surface area contributed by atoms with E-state index >= 15 is 0 Å². The minimum atomic E-state index is -0.547. The first kappa shape index (κ1) is 18.5. The molecule has 3 rings (SSSR count). The minimum Gasteiger partial charge on any atom is -0.325 e. The van der Waals surface area contributed by atoms with Gasteiger partial charge in [-0.3, -0.25) is 14.4 Å². The molecule has 134 valence electrons. The molecule has 1 aliphatic rings. The molecule has 0 spiro atoms. The molecular formula is C19H17ClN2O3S. The summed E-state index contributed by atoms with van der Waals surface area (Å²) in [6, 6.07) is 14.1. The lowest BCUT2D eigenvalue weighted by molar-refractivity contribution is -0.121. The maximum Gasteiger partial charge on any atom is 0.247 e. The Labute approximate surface area is 160 Å². The Bertz CT molecular complexity index is 857. The van der Waals surface area contributed by atoms with E-state index in [1.54, 1.807) is 36.4 Å². The van der Waals surface area contributed by atoms with E-state index in [4.69, 9.17) is 11.6 Å². The van der Waals surface area contributed by atoms with Gasteiger partial charge in [0.2, 0.25) is 17.7 Å². The zero-order chi connectivity index (χ0) is 18.7. The molecular weight excluding hydrogens is 372 g/mol. The topological polar surface area (TPSA) is 66.5 Å². The second-order valence-electron chi connectivity index (χ2n) is 5.91. The van der Waals surface area contributed by atoms with Crippen molar-refractivity contribution in [2.45, 2.75) is 18.6 Å². The summed E-state index contributed by atoms with van der Waals surface area (Å²) in [6.07, 6.45) is 0.0991. The highest BCUT2D eigenvalue weighted by Gasteiger charge is 2.39. The average molecular weight is 389 g/mol. The normalized spacial score (nSPS) is 16.8. The monoisotopic (exact) mass is 388 g/mol. The number of carbonyl (C=O) groups excluding carboxylic acids is 3. The van der Waals surface area contributed by atoms with Crippen LogP contribution in [0.5, 0.6) is 0 Å². The van der Waals surface area contributed by atoms with Crippen LogP contribution < -0.4 is 10.2 Å². The van der Waals surface area contributed by atoms with Crippen LogP contribution in [0.25, 0.3) is 0 Å². The third kappa shape index (κ3) is 4.08. The number of para-hydroxylation sites is 1. The number of rotatable bonds is 5. The predicted octanol–water partition coefficient (Wildman–Crippen LogP) is 3.65. The quantitative estimate of drug-likeness (QED) is 0.794. The van der Waals surface area contributed by atoms with E-state index in [9.17, 15) is 14.4 Å². The maximum atomic E-state index is 12.5. The van der Waals surface area contributed by atoms with Crippen LogP contribution in [0.4, 0.5) is 11.4 Å². The molecule has 0 saturated carbocycles. The fraction of sp³-hybridized carbons (Fsp3) is 0.211. The molecule has 26 heavy (non-hydrogen) atoms. The molecule has 0 aliphatic carbocycles. The smallest absolute Gasteiger partial charge is 0.247 e. The lowest BCUT2D eigenvalue weighted by atomic mass is 10.2. The fourth-order valence-electron chi connectivity index (χ4n) is 2.67. The number of imide groups is 1. The number of hydrogen-bond acceptors (Lipinski definition) is 4. The number of nitrogens with zero attached hydrogens (tertiary/aromatic N) is 1. The van der Waals surface area contributed by atoms with Gasteiger partial charge in [-0.2, -0.15) is 0 Å². The first-order chi connectivity index (χ1) is 12.5. The molecule has 1 aliphatic heterocycles. The second kappa shape index (κ2) is 7.93. The van der Waals surface area contributed by atoms with Crippen LogP contribution >= 0.6 is 23.4 Å².